The predicted molar refractivity (Wildman–Crippen MR) is 157 cm³/mol. The zero-order valence-electron chi connectivity index (χ0n) is 21.4. The first-order chi connectivity index (χ1) is 19.0. The lowest BCUT2D eigenvalue weighted by atomic mass is 10.1. The summed E-state index contributed by atoms with van der Waals surface area (Å²) in [5.41, 5.74) is 4.82. The molecule has 0 aliphatic rings. The Bertz CT molecular complexity index is 1550. The second kappa shape index (κ2) is 12.2. The summed E-state index contributed by atoms with van der Waals surface area (Å²) in [6.45, 7) is 1.01. The molecule has 1 amide bonds. The van der Waals surface area contributed by atoms with Crippen molar-refractivity contribution in [1.82, 2.24) is 14.7 Å². The number of hydrogen-bond acceptors (Lipinski definition) is 3. The minimum Gasteiger partial charge on any atom is -0.497 e. The maximum Gasteiger partial charge on any atom is 0.272 e. The minimum atomic E-state index is -0.131. The fraction of sp³-hybridized carbons (Fsp3) is 0.125. The molecular weight excluding hydrogens is 529 g/mol. The van der Waals surface area contributed by atoms with Gasteiger partial charge in [0, 0.05) is 18.7 Å². The smallest absolute Gasteiger partial charge is 0.272 e. The normalized spacial score (nSPS) is 10.8. The van der Waals surface area contributed by atoms with Crippen LogP contribution in [0.2, 0.25) is 10.0 Å². The van der Waals surface area contributed by atoms with E-state index in [2.05, 4.69) is 12.1 Å². The summed E-state index contributed by atoms with van der Waals surface area (Å²) < 4.78 is 6.95. The van der Waals surface area contributed by atoms with Crippen molar-refractivity contribution in [3.8, 4) is 22.7 Å². The van der Waals surface area contributed by atoms with Crippen LogP contribution in [0.5, 0.6) is 5.75 Å². The molecule has 1 heterocycles. The molecule has 0 N–H and O–H groups in total. The van der Waals surface area contributed by atoms with Crippen molar-refractivity contribution in [2.45, 2.75) is 13.0 Å². The number of halogens is 2. The highest BCUT2D eigenvalue weighted by Gasteiger charge is 2.24. The Morgan fingerprint density at radius 2 is 1.49 bits per heavy atom. The van der Waals surface area contributed by atoms with Gasteiger partial charge in [0.1, 0.15) is 11.4 Å². The van der Waals surface area contributed by atoms with Crippen LogP contribution in [0.3, 0.4) is 0 Å². The summed E-state index contributed by atoms with van der Waals surface area (Å²) in [6, 6.07) is 34.8. The highest BCUT2D eigenvalue weighted by molar-refractivity contribution is 6.42. The Balaban J connectivity index is 1.55. The highest BCUT2D eigenvalue weighted by atomic mass is 35.5. The van der Waals surface area contributed by atoms with Crippen LogP contribution >= 0.6 is 23.2 Å². The molecule has 5 nitrogen and oxygen atoms in total. The number of aromatic nitrogens is 2. The molecule has 0 radical (unpaired) electrons. The second-order valence-corrected chi connectivity index (χ2v) is 9.92. The zero-order valence-corrected chi connectivity index (χ0v) is 22.9. The van der Waals surface area contributed by atoms with Gasteiger partial charge in [-0.05, 0) is 66.1 Å². The first-order valence-electron chi connectivity index (χ1n) is 12.6. The van der Waals surface area contributed by atoms with Crippen LogP contribution in [0.15, 0.2) is 109 Å². The number of methoxy groups -OCH3 is 1. The molecule has 0 aliphatic carbocycles. The van der Waals surface area contributed by atoms with Gasteiger partial charge in [-0.2, -0.15) is 5.10 Å². The number of ether oxygens (including phenoxy) is 1. The molecular formula is C32H27Cl2N3O2. The summed E-state index contributed by atoms with van der Waals surface area (Å²) >= 11 is 12.5. The van der Waals surface area contributed by atoms with Gasteiger partial charge in [-0.25, -0.2) is 4.68 Å². The third kappa shape index (κ3) is 6.33. The second-order valence-electron chi connectivity index (χ2n) is 9.10. The predicted octanol–water partition coefficient (Wildman–Crippen LogP) is 7.74. The Morgan fingerprint density at radius 1 is 0.821 bits per heavy atom. The summed E-state index contributed by atoms with van der Waals surface area (Å²) in [5, 5.41) is 5.66. The van der Waals surface area contributed by atoms with Gasteiger partial charge in [0.15, 0.2) is 0 Å². The van der Waals surface area contributed by atoms with Gasteiger partial charge in [0.25, 0.3) is 5.91 Å². The molecule has 0 bridgehead atoms. The number of benzene rings is 4. The molecule has 0 saturated carbocycles. The molecule has 4 aromatic carbocycles. The highest BCUT2D eigenvalue weighted by Crippen LogP contribution is 2.28. The van der Waals surface area contributed by atoms with Gasteiger partial charge >= 0.3 is 0 Å². The quantitative estimate of drug-likeness (QED) is 0.187. The van der Waals surface area contributed by atoms with E-state index < -0.39 is 0 Å². The van der Waals surface area contributed by atoms with E-state index >= 15 is 0 Å². The Labute approximate surface area is 238 Å². The Morgan fingerprint density at radius 3 is 2.13 bits per heavy atom. The number of carbonyl (C=O) groups excluding carboxylic acids is 1. The average Bonchev–Trinajstić information content (AvgIpc) is 3.43. The van der Waals surface area contributed by atoms with E-state index in [9.17, 15) is 4.79 Å². The van der Waals surface area contributed by atoms with Crippen LogP contribution in [-0.4, -0.2) is 34.2 Å². The van der Waals surface area contributed by atoms with E-state index in [1.807, 2.05) is 83.8 Å². The SMILES string of the molecule is COc1ccc(-c2cc(C(=O)N(CCc3ccccc3)Cc3ccccc3)n(-c3ccc(Cl)c(Cl)c3)n2)cc1. The van der Waals surface area contributed by atoms with Gasteiger partial charge < -0.3 is 9.64 Å². The van der Waals surface area contributed by atoms with Crippen molar-refractivity contribution in [3.05, 3.63) is 136 Å². The fourth-order valence-electron chi connectivity index (χ4n) is 4.38. The Hall–Kier alpha value is -4.06. The lowest BCUT2D eigenvalue weighted by Crippen LogP contribution is -2.34. The van der Waals surface area contributed by atoms with Gasteiger partial charge in [-0.3, -0.25) is 4.79 Å². The van der Waals surface area contributed by atoms with Gasteiger partial charge in [0.2, 0.25) is 0 Å². The van der Waals surface area contributed by atoms with E-state index in [0.717, 1.165) is 23.3 Å². The molecule has 0 fully saturated rings. The third-order valence-electron chi connectivity index (χ3n) is 6.48. The van der Waals surface area contributed by atoms with Crippen LogP contribution in [-0.2, 0) is 13.0 Å². The van der Waals surface area contributed by atoms with Crippen LogP contribution in [0, 0.1) is 0 Å². The van der Waals surface area contributed by atoms with Crippen molar-refractivity contribution in [2.24, 2.45) is 0 Å². The van der Waals surface area contributed by atoms with Gasteiger partial charge in [-0.1, -0.05) is 83.9 Å². The fourth-order valence-corrected chi connectivity index (χ4v) is 4.67. The summed E-state index contributed by atoms with van der Waals surface area (Å²) in [4.78, 5) is 16.1. The summed E-state index contributed by atoms with van der Waals surface area (Å²) in [6.07, 6.45) is 0.728. The van der Waals surface area contributed by atoms with Gasteiger partial charge in [0.05, 0.1) is 28.5 Å². The van der Waals surface area contributed by atoms with Gasteiger partial charge in [-0.15, -0.1) is 0 Å². The molecule has 0 unspecified atom stereocenters. The molecule has 7 heteroatoms. The van der Waals surface area contributed by atoms with E-state index in [-0.39, 0.29) is 5.91 Å². The topological polar surface area (TPSA) is 47.4 Å². The third-order valence-corrected chi connectivity index (χ3v) is 7.22. The van der Waals surface area contributed by atoms with Crippen LogP contribution < -0.4 is 4.74 Å². The average molecular weight is 556 g/mol. The monoisotopic (exact) mass is 555 g/mol. The molecule has 5 rings (SSSR count). The first kappa shape index (κ1) is 26.5. The number of carbonyl (C=O) groups is 1. The van der Waals surface area contributed by atoms with Crippen molar-refractivity contribution < 1.29 is 9.53 Å². The van der Waals surface area contributed by atoms with Crippen molar-refractivity contribution >= 4 is 29.1 Å². The molecule has 196 valence electrons. The lowest BCUT2D eigenvalue weighted by Gasteiger charge is -2.23. The number of nitrogens with zero attached hydrogens (tertiary/aromatic N) is 3. The molecule has 0 saturated heterocycles. The number of hydrogen-bond donors (Lipinski definition) is 0. The van der Waals surface area contributed by atoms with E-state index in [4.69, 9.17) is 33.0 Å². The number of amides is 1. The minimum absolute atomic E-state index is 0.131. The zero-order chi connectivity index (χ0) is 27.2. The Kier molecular flexibility index (Phi) is 8.30. The van der Waals surface area contributed by atoms with Crippen LogP contribution in [0.1, 0.15) is 21.6 Å². The molecule has 39 heavy (non-hydrogen) atoms. The molecule has 0 aliphatic heterocycles. The van der Waals surface area contributed by atoms with Crippen LogP contribution in [0.25, 0.3) is 16.9 Å². The van der Waals surface area contributed by atoms with Crippen molar-refractivity contribution in [3.63, 3.8) is 0 Å². The van der Waals surface area contributed by atoms with Crippen molar-refractivity contribution in [2.75, 3.05) is 13.7 Å². The van der Waals surface area contributed by atoms with E-state index in [1.54, 1.807) is 30.0 Å². The first-order valence-corrected chi connectivity index (χ1v) is 13.3. The maximum absolute atomic E-state index is 14.2. The number of rotatable bonds is 9. The molecule has 5 aromatic rings. The maximum atomic E-state index is 14.2. The lowest BCUT2D eigenvalue weighted by molar-refractivity contribution is 0.0736. The molecule has 1 aromatic heterocycles. The van der Waals surface area contributed by atoms with Crippen LogP contribution in [0.4, 0.5) is 0 Å². The summed E-state index contributed by atoms with van der Waals surface area (Å²) in [7, 11) is 1.63. The van der Waals surface area contributed by atoms with E-state index in [0.29, 0.717) is 40.2 Å². The van der Waals surface area contributed by atoms with E-state index in [1.165, 1.54) is 5.56 Å². The standard InChI is InChI=1S/C32H27Cl2N3O2/c1-39-27-15-12-25(13-16-27)30-21-31(37(35-30)26-14-17-28(33)29(34)20-26)32(38)36(22-24-10-6-3-7-11-24)19-18-23-8-4-2-5-9-23/h2-17,20-21H,18-19,22H2,1H3. The van der Waals surface area contributed by atoms with Crippen molar-refractivity contribution in [1.29, 1.82) is 0 Å². The molecule has 0 atom stereocenters. The molecule has 0 spiro atoms. The largest absolute Gasteiger partial charge is 0.497 e. The summed E-state index contributed by atoms with van der Waals surface area (Å²) in [5.74, 6) is 0.613.